The standard InChI is InChI=1S/C31H42F3N7O2/c1-20-11-17-41(18-12-20)29(43)24-5-4-6-26(24)37-27-25(31(32,33)34)19-35-30(38-27)36-22-9-7-21(8-10-22)28(42)40(3)23-13-15-39(2)16-14-23/h7-10,19-20,23-24,26H,4-6,11-18H2,1-3H3,(H2,35,36,37,38)/t24-,26+/m0/s1. The normalized spacial score (nSPS) is 22.4. The van der Waals surface area contributed by atoms with E-state index in [1.54, 1.807) is 29.2 Å². The predicted octanol–water partition coefficient (Wildman–Crippen LogP) is 5.24. The average molecular weight is 602 g/mol. The third-order valence-corrected chi connectivity index (χ3v) is 9.29. The van der Waals surface area contributed by atoms with Crippen molar-refractivity contribution in [3.05, 3.63) is 41.6 Å². The van der Waals surface area contributed by atoms with Crippen LogP contribution in [0, 0.1) is 11.8 Å². The molecular weight excluding hydrogens is 559 g/mol. The number of nitrogens with zero attached hydrogens (tertiary/aromatic N) is 5. The summed E-state index contributed by atoms with van der Waals surface area (Å²) in [7, 11) is 3.90. The second kappa shape index (κ2) is 13.1. The van der Waals surface area contributed by atoms with Gasteiger partial charge in [-0.2, -0.15) is 18.2 Å². The fraction of sp³-hybridized carbons (Fsp3) is 0.613. The van der Waals surface area contributed by atoms with E-state index in [0.717, 1.165) is 51.4 Å². The van der Waals surface area contributed by atoms with Crippen LogP contribution in [0.2, 0.25) is 0 Å². The summed E-state index contributed by atoms with van der Waals surface area (Å²) in [6.45, 7) is 5.45. The lowest BCUT2D eigenvalue weighted by atomic mass is 9.96. The molecule has 3 heterocycles. The maximum absolute atomic E-state index is 13.9. The van der Waals surface area contributed by atoms with Gasteiger partial charge in [0.25, 0.3) is 5.91 Å². The van der Waals surface area contributed by atoms with Crippen molar-refractivity contribution in [1.29, 1.82) is 0 Å². The molecular formula is C31H42F3N7O2. The first-order chi connectivity index (χ1) is 20.5. The summed E-state index contributed by atoms with van der Waals surface area (Å²) in [4.78, 5) is 40.4. The van der Waals surface area contributed by atoms with E-state index in [0.29, 0.717) is 43.1 Å². The summed E-state index contributed by atoms with van der Waals surface area (Å²) in [6.07, 6.45) is 1.83. The molecule has 2 atom stereocenters. The summed E-state index contributed by atoms with van der Waals surface area (Å²) in [6, 6.07) is 6.50. The summed E-state index contributed by atoms with van der Waals surface area (Å²) in [5.74, 6) is -0.224. The number of carbonyl (C=O) groups excluding carboxylic acids is 2. The number of carbonyl (C=O) groups is 2. The van der Waals surface area contributed by atoms with Crippen LogP contribution < -0.4 is 10.6 Å². The molecule has 0 radical (unpaired) electrons. The number of alkyl halides is 3. The van der Waals surface area contributed by atoms with Crippen LogP contribution in [0.5, 0.6) is 0 Å². The Labute approximate surface area is 251 Å². The van der Waals surface area contributed by atoms with Crippen LogP contribution in [0.1, 0.15) is 67.8 Å². The summed E-state index contributed by atoms with van der Waals surface area (Å²) in [5, 5.41) is 5.95. The highest BCUT2D eigenvalue weighted by atomic mass is 19.4. The molecule has 0 bridgehead atoms. The maximum atomic E-state index is 13.9. The van der Waals surface area contributed by atoms with Crippen LogP contribution in [0.15, 0.2) is 30.5 Å². The molecule has 12 heteroatoms. The Morgan fingerprint density at radius 3 is 2.30 bits per heavy atom. The van der Waals surface area contributed by atoms with Crippen LogP contribution in [0.4, 0.5) is 30.6 Å². The largest absolute Gasteiger partial charge is 0.421 e. The van der Waals surface area contributed by atoms with Gasteiger partial charge in [-0.1, -0.05) is 13.3 Å². The van der Waals surface area contributed by atoms with Crippen molar-refractivity contribution in [3.63, 3.8) is 0 Å². The highest BCUT2D eigenvalue weighted by molar-refractivity contribution is 5.94. The maximum Gasteiger partial charge on any atom is 0.421 e. The van der Waals surface area contributed by atoms with Crippen LogP contribution in [-0.4, -0.2) is 88.8 Å². The molecule has 3 fully saturated rings. The molecule has 1 aromatic carbocycles. The number of benzene rings is 1. The monoisotopic (exact) mass is 601 g/mol. The van der Waals surface area contributed by atoms with Crippen LogP contribution in [0.3, 0.4) is 0 Å². The molecule has 9 nitrogen and oxygen atoms in total. The van der Waals surface area contributed by atoms with Gasteiger partial charge in [-0.25, -0.2) is 4.98 Å². The zero-order valence-corrected chi connectivity index (χ0v) is 25.2. The van der Waals surface area contributed by atoms with Crippen LogP contribution in [0.25, 0.3) is 0 Å². The van der Waals surface area contributed by atoms with Crippen molar-refractivity contribution in [1.82, 2.24) is 24.7 Å². The molecule has 2 aliphatic heterocycles. The number of aromatic nitrogens is 2. The summed E-state index contributed by atoms with van der Waals surface area (Å²) >= 11 is 0. The smallest absolute Gasteiger partial charge is 0.366 e. The Morgan fingerprint density at radius 1 is 0.977 bits per heavy atom. The number of likely N-dealkylation sites (tertiary alicyclic amines) is 2. The molecule has 43 heavy (non-hydrogen) atoms. The average Bonchev–Trinajstić information content (AvgIpc) is 3.45. The lowest BCUT2D eigenvalue weighted by molar-refractivity contribution is -0.137. The van der Waals surface area contributed by atoms with Crippen molar-refractivity contribution >= 4 is 29.3 Å². The molecule has 2 amide bonds. The number of hydrogen-bond acceptors (Lipinski definition) is 7. The van der Waals surface area contributed by atoms with E-state index >= 15 is 0 Å². The fourth-order valence-corrected chi connectivity index (χ4v) is 6.40. The third-order valence-electron chi connectivity index (χ3n) is 9.29. The van der Waals surface area contributed by atoms with Crippen LogP contribution in [-0.2, 0) is 11.0 Å². The van der Waals surface area contributed by atoms with Crippen molar-refractivity contribution < 1.29 is 22.8 Å². The van der Waals surface area contributed by atoms with Gasteiger partial charge in [0, 0.05) is 49.7 Å². The topological polar surface area (TPSA) is 93.7 Å². The van der Waals surface area contributed by atoms with E-state index in [1.165, 1.54) is 0 Å². The lowest BCUT2D eigenvalue weighted by Crippen LogP contribution is -2.44. The predicted molar refractivity (Wildman–Crippen MR) is 159 cm³/mol. The van der Waals surface area contributed by atoms with Crippen molar-refractivity contribution in [2.24, 2.45) is 11.8 Å². The Kier molecular flexibility index (Phi) is 9.43. The van der Waals surface area contributed by atoms with Gasteiger partial charge in [0.15, 0.2) is 0 Å². The van der Waals surface area contributed by atoms with Gasteiger partial charge >= 0.3 is 6.18 Å². The molecule has 1 aliphatic carbocycles. The number of anilines is 3. The first-order valence-corrected chi connectivity index (χ1v) is 15.3. The minimum Gasteiger partial charge on any atom is -0.366 e. The number of nitrogens with one attached hydrogen (secondary N) is 2. The van der Waals surface area contributed by atoms with Gasteiger partial charge in [-0.3, -0.25) is 9.59 Å². The van der Waals surface area contributed by atoms with E-state index < -0.39 is 23.7 Å². The minimum atomic E-state index is -4.66. The fourth-order valence-electron chi connectivity index (χ4n) is 6.40. The Bertz CT molecular complexity index is 1270. The van der Waals surface area contributed by atoms with Crippen LogP contribution >= 0.6 is 0 Å². The molecule has 234 valence electrons. The van der Waals surface area contributed by atoms with Gasteiger partial charge in [0.05, 0.1) is 5.92 Å². The molecule has 2 saturated heterocycles. The van der Waals surface area contributed by atoms with E-state index in [2.05, 4.69) is 39.5 Å². The first-order valence-electron chi connectivity index (χ1n) is 15.3. The molecule has 0 spiro atoms. The molecule has 3 aliphatic rings. The lowest BCUT2D eigenvalue weighted by Gasteiger charge is -2.35. The van der Waals surface area contributed by atoms with Gasteiger partial charge in [-0.05, 0) is 88.8 Å². The first kappa shape index (κ1) is 31.0. The molecule has 5 rings (SSSR count). The molecule has 2 N–H and O–H groups in total. The van der Waals surface area contributed by atoms with Gasteiger partial charge in [0.2, 0.25) is 11.9 Å². The number of amides is 2. The van der Waals surface area contributed by atoms with E-state index in [1.807, 2.05) is 11.9 Å². The van der Waals surface area contributed by atoms with Gasteiger partial charge < -0.3 is 25.3 Å². The van der Waals surface area contributed by atoms with Crippen molar-refractivity contribution in [3.8, 4) is 0 Å². The Morgan fingerprint density at radius 2 is 1.65 bits per heavy atom. The second-order valence-electron chi connectivity index (χ2n) is 12.4. The quantitative estimate of drug-likeness (QED) is 0.448. The molecule has 2 aromatic rings. The Hall–Kier alpha value is -3.41. The highest BCUT2D eigenvalue weighted by Gasteiger charge is 2.40. The van der Waals surface area contributed by atoms with E-state index in [4.69, 9.17) is 0 Å². The van der Waals surface area contributed by atoms with E-state index in [-0.39, 0.29) is 29.6 Å². The second-order valence-corrected chi connectivity index (χ2v) is 12.4. The summed E-state index contributed by atoms with van der Waals surface area (Å²) < 4.78 is 41.8. The number of rotatable bonds is 7. The van der Waals surface area contributed by atoms with Crippen molar-refractivity contribution in [2.75, 3.05) is 50.9 Å². The van der Waals surface area contributed by atoms with Gasteiger partial charge in [-0.15, -0.1) is 0 Å². The zero-order chi connectivity index (χ0) is 30.7. The number of hydrogen-bond donors (Lipinski definition) is 2. The van der Waals surface area contributed by atoms with E-state index in [9.17, 15) is 22.8 Å². The number of halogens is 3. The highest BCUT2D eigenvalue weighted by Crippen LogP contribution is 2.37. The minimum absolute atomic E-state index is 0.0103. The third kappa shape index (κ3) is 7.39. The Balaban J connectivity index is 1.27. The zero-order valence-electron chi connectivity index (χ0n) is 25.2. The van der Waals surface area contributed by atoms with Gasteiger partial charge in [0.1, 0.15) is 11.4 Å². The molecule has 1 saturated carbocycles. The summed E-state index contributed by atoms with van der Waals surface area (Å²) in [5.41, 5.74) is 0.0982. The SMILES string of the molecule is CC1CCN(C(=O)[C@H]2CCC[C@H]2Nc2nc(Nc3ccc(C(=O)N(C)C4CCN(C)CC4)cc3)ncc2C(F)(F)F)CC1. The number of piperidine rings is 2. The molecule has 0 unspecified atom stereocenters. The van der Waals surface area contributed by atoms with Crippen molar-refractivity contribution in [2.45, 2.75) is 70.1 Å². The molecule has 1 aromatic heterocycles.